The molecule has 1 amide bonds. The van der Waals surface area contributed by atoms with Crippen molar-refractivity contribution >= 4 is 33.6 Å². The fourth-order valence-electron chi connectivity index (χ4n) is 2.65. The van der Waals surface area contributed by atoms with Crippen LogP contribution in [0.5, 0.6) is 0 Å². The molecule has 0 aromatic heterocycles. The van der Waals surface area contributed by atoms with Crippen molar-refractivity contribution in [2.75, 3.05) is 17.2 Å². The number of nitrogens with one attached hydrogen (secondary N) is 2. The van der Waals surface area contributed by atoms with Gasteiger partial charge in [-0.3, -0.25) is 4.72 Å². The molecule has 1 aromatic carbocycles. The summed E-state index contributed by atoms with van der Waals surface area (Å²) in [6.45, 7) is 2.17. The quantitative estimate of drug-likeness (QED) is 0.329. The Bertz CT molecular complexity index is 636. The van der Waals surface area contributed by atoms with Crippen molar-refractivity contribution in [2.45, 2.75) is 64.7 Å². The van der Waals surface area contributed by atoms with Crippen molar-refractivity contribution in [3.05, 3.63) is 29.8 Å². The number of hydrogen-bond acceptors (Lipinski definition) is 4. The molecular formula is C19H31ClN2O4S. The number of hydrogen-bond donors (Lipinski definition) is 2. The third-order valence-corrected chi connectivity index (χ3v) is 5.15. The summed E-state index contributed by atoms with van der Waals surface area (Å²) in [7, 11) is -4.03. The van der Waals surface area contributed by atoms with Gasteiger partial charge in [0.15, 0.2) is 0 Å². The van der Waals surface area contributed by atoms with Crippen molar-refractivity contribution in [1.82, 2.24) is 4.72 Å². The van der Waals surface area contributed by atoms with E-state index in [0.29, 0.717) is 5.69 Å². The lowest BCUT2D eigenvalue weighted by molar-refractivity contribution is 0.159. The summed E-state index contributed by atoms with van der Waals surface area (Å²) < 4.78 is 32.3. The summed E-state index contributed by atoms with van der Waals surface area (Å²) in [6, 6.07) is 7.16. The Morgan fingerprint density at radius 2 is 1.59 bits per heavy atom. The highest BCUT2D eigenvalue weighted by Crippen LogP contribution is 2.14. The van der Waals surface area contributed by atoms with E-state index < -0.39 is 16.3 Å². The van der Waals surface area contributed by atoms with E-state index in [1.54, 1.807) is 16.9 Å². The molecule has 1 aromatic rings. The highest BCUT2D eigenvalue weighted by atomic mass is 35.5. The highest BCUT2D eigenvalue weighted by molar-refractivity contribution is 7.91. The minimum Gasteiger partial charge on any atom is -0.448 e. The molecule has 0 aliphatic heterocycles. The van der Waals surface area contributed by atoms with Crippen LogP contribution >= 0.6 is 11.6 Å². The first-order valence-corrected chi connectivity index (χ1v) is 11.6. The summed E-state index contributed by atoms with van der Waals surface area (Å²) in [4.78, 5) is 11.3. The van der Waals surface area contributed by atoms with E-state index in [1.165, 1.54) is 50.5 Å². The third kappa shape index (κ3) is 11.8. The molecule has 1 rings (SSSR count). The van der Waals surface area contributed by atoms with Gasteiger partial charge in [0, 0.05) is 0 Å². The number of aryl methyl sites for hydroxylation is 1. The van der Waals surface area contributed by atoms with Crippen LogP contribution < -0.4 is 9.44 Å². The smallest absolute Gasteiger partial charge is 0.422 e. The topological polar surface area (TPSA) is 84.5 Å². The second-order valence-corrected chi connectivity index (χ2v) is 8.25. The molecule has 0 bridgehead atoms. The molecule has 0 aliphatic carbocycles. The maximum Gasteiger partial charge on any atom is 0.422 e. The number of alkyl halides is 1. The first kappa shape index (κ1) is 23.6. The fraction of sp³-hybridized carbons (Fsp3) is 0.632. The Morgan fingerprint density at radius 1 is 1.00 bits per heavy atom. The van der Waals surface area contributed by atoms with Gasteiger partial charge in [0.25, 0.3) is 0 Å². The number of carbonyl (C=O) groups excluding carboxylic acids is 1. The number of benzene rings is 1. The molecule has 0 spiro atoms. The Kier molecular flexibility index (Phi) is 11.9. The number of halogens is 1. The maximum absolute atomic E-state index is 11.8. The summed E-state index contributed by atoms with van der Waals surface area (Å²) >= 11 is 5.37. The summed E-state index contributed by atoms with van der Waals surface area (Å²) in [5, 5.41) is 0. The molecule has 0 saturated carbocycles. The Hall–Kier alpha value is -1.47. The molecule has 27 heavy (non-hydrogen) atoms. The van der Waals surface area contributed by atoms with E-state index >= 15 is 0 Å². The van der Waals surface area contributed by atoms with Crippen LogP contribution in [0.1, 0.15) is 63.9 Å². The number of carbonyl (C=O) groups is 1. The molecule has 0 atom stereocenters. The van der Waals surface area contributed by atoms with Gasteiger partial charge in [0.2, 0.25) is 0 Å². The predicted octanol–water partition coefficient (Wildman–Crippen LogP) is 4.99. The summed E-state index contributed by atoms with van der Waals surface area (Å²) in [6.07, 6.45) is 10.1. The van der Waals surface area contributed by atoms with Gasteiger partial charge in [-0.15, -0.1) is 11.6 Å². The Morgan fingerprint density at radius 3 is 2.19 bits per heavy atom. The third-order valence-electron chi connectivity index (χ3n) is 4.05. The minimum absolute atomic E-state index is 0.0592. The van der Waals surface area contributed by atoms with Gasteiger partial charge in [-0.05, 0) is 30.5 Å². The number of amides is 1. The number of rotatable bonds is 14. The molecule has 0 aliphatic rings. The van der Waals surface area contributed by atoms with Crippen molar-refractivity contribution in [3.8, 4) is 0 Å². The predicted molar refractivity (Wildman–Crippen MR) is 111 cm³/mol. The molecule has 154 valence electrons. The maximum atomic E-state index is 11.8. The lowest BCUT2D eigenvalue weighted by Crippen LogP contribution is -2.36. The van der Waals surface area contributed by atoms with Crippen LogP contribution in [0.2, 0.25) is 0 Å². The molecule has 0 unspecified atom stereocenters. The van der Waals surface area contributed by atoms with E-state index in [-0.39, 0.29) is 12.5 Å². The van der Waals surface area contributed by atoms with Crippen LogP contribution in [0.25, 0.3) is 0 Å². The van der Waals surface area contributed by atoms with E-state index in [9.17, 15) is 13.2 Å². The van der Waals surface area contributed by atoms with Crippen LogP contribution in [-0.4, -0.2) is 27.0 Å². The fourth-order valence-corrected chi connectivity index (χ4v) is 3.51. The molecule has 6 nitrogen and oxygen atoms in total. The first-order valence-electron chi connectivity index (χ1n) is 9.59. The van der Waals surface area contributed by atoms with Gasteiger partial charge in [-0.2, -0.15) is 8.42 Å². The van der Waals surface area contributed by atoms with E-state index in [0.717, 1.165) is 12.8 Å². The van der Waals surface area contributed by atoms with Gasteiger partial charge in [-0.25, -0.2) is 9.52 Å². The van der Waals surface area contributed by atoms with Crippen LogP contribution in [0.4, 0.5) is 10.5 Å². The van der Waals surface area contributed by atoms with Gasteiger partial charge in [0.05, 0.1) is 11.6 Å². The van der Waals surface area contributed by atoms with Crippen LogP contribution in [0.15, 0.2) is 24.3 Å². The molecule has 2 N–H and O–H groups in total. The largest absolute Gasteiger partial charge is 0.448 e. The normalized spacial score (nSPS) is 11.2. The lowest BCUT2D eigenvalue weighted by Gasteiger charge is -2.10. The average Bonchev–Trinajstić information content (AvgIpc) is 2.63. The Balaban J connectivity index is 2.29. The van der Waals surface area contributed by atoms with E-state index in [2.05, 4.69) is 16.4 Å². The van der Waals surface area contributed by atoms with Gasteiger partial charge >= 0.3 is 16.3 Å². The number of ether oxygens (including phenoxy) is 1. The van der Waals surface area contributed by atoms with E-state index in [4.69, 9.17) is 11.6 Å². The second kappa shape index (κ2) is 13.7. The van der Waals surface area contributed by atoms with Crippen LogP contribution in [-0.2, 0) is 21.4 Å². The van der Waals surface area contributed by atoms with Gasteiger partial charge < -0.3 is 4.74 Å². The van der Waals surface area contributed by atoms with Crippen LogP contribution in [0.3, 0.4) is 0 Å². The first-order chi connectivity index (χ1) is 13.0. The molecule has 0 heterocycles. The molecule has 8 heteroatoms. The molecular weight excluding hydrogens is 388 g/mol. The van der Waals surface area contributed by atoms with Gasteiger partial charge in [0.1, 0.15) is 6.61 Å². The minimum atomic E-state index is -4.03. The van der Waals surface area contributed by atoms with Crippen molar-refractivity contribution in [2.24, 2.45) is 0 Å². The molecule has 0 fully saturated rings. The molecule has 0 radical (unpaired) electrons. The zero-order chi connectivity index (χ0) is 20.0. The Labute approximate surface area is 168 Å². The van der Waals surface area contributed by atoms with Crippen molar-refractivity contribution in [1.29, 1.82) is 0 Å². The SMILES string of the molecule is CCCCCCCCCCc1ccc(NS(=O)(=O)NC(=O)OCCCl)cc1. The number of anilines is 1. The van der Waals surface area contributed by atoms with Crippen molar-refractivity contribution in [3.63, 3.8) is 0 Å². The standard InChI is InChI=1S/C19H31ClN2O4S/c1-2-3-4-5-6-7-8-9-10-17-11-13-18(14-12-17)21-27(24,25)22-19(23)26-16-15-20/h11-14,21H,2-10,15-16H2,1H3,(H,22,23). The monoisotopic (exact) mass is 418 g/mol. The summed E-state index contributed by atoms with van der Waals surface area (Å²) in [5.41, 5.74) is 1.55. The second-order valence-electron chi connectivity index (χ2n) is 6.45. The van der Waals surface area contributed by atoms with Crippen molar-refractivity contribution < 1.29 is 17.9 Å². The summed E-state index contributed by atoms with van der Waals surface area (Å²) in [5.74, 6) is 0.0984. The highest BCUT2D eigenvalue weighted by Gasteiger charge is 2.15. The lowest BCUT2D eigenvalue weighted by atomic mass is 10.0. The zero-order valence-corrected chi connectivity index (χ0v) is 17.6. The van der Waals surface area contributed by atoms with Gasteiger partial charge in [-0.1, -0.05) is 64.0 Å². The van der Waals surface area contributed by atoms with Crippen LogP contribution in [0, 0.1) is 0 Å². The molecule has 0 saturated heterocycles. The average molecular weight is 419 g/mol. The van der Waals surface area contributed by atoms with E-state index in [1.807, 2.05) is 12.1 Å². The number of unbranched alkanes of at least 4 members (excludes halogenated alkanes) is 7. The zero-order valence-electron chi connectivity index (χ0n) is 16.0.